The molecule has 0 amide bonds. The Labute approximate surface area is 191 Å². The lowest BCUT2D eigenvalue weighted by Crippen LogP contribution is -2.51. The average Bonchev–Trinajstić information content (AvgIpc) is 3.30. The van der Waals surface area contributed by atoms with E-state index in [2.05, 4.69) is 41.5 Å². The lowest BCUT2D eigenvalue weighted by Gasteiger charge is -2.41. The molecule has 1 fully saturated rings. The van der Waals surface area contributed by atoms with Crippen LogP contribution in [0.15, 0.2) is 0 Å². The Kier molecular flexibility index (Phi) is 9.42. The predicted octanol–water partition coefficient (Wildman–Crippen LogP) is 7.25. The van der Waals surface area contributed by atoms with Crippen molar-refractivity contribution in [2.75, 3.05) is 0 Å². The Morgan fingerprint density at radius 2 is 1.29 bits per heavy atom. The van der Waals surface area contributed by atoms with Gasteiger partial charge in [-0.1, -0.05) is 80.1 Å². The molecule has 2 unspecified atom stereocenters. The third-order valence-electron chi connectivity index (χ3n) is 8.05. The van der Waals surface area contributed by atoms with Gasteiger partial charge in [-0.25, -0.2) is 4.79 Å². The maximum atomic E-state index is 12.7. The standard InChI is InChI=1S/C25H48O5Si/c1-9-12-15-23(16-13-10-2,17-14-11-3)18-24(20(26)27)19-25(24,21(28)29)30-31(7,8)22(4,5)6/h9-19H2,1-8H3,(H,26,27)(H,28,29). The Morgan fingerprint density at radius 1 is 0.871 bits per heavy atom. The van der Waals surface area contributed by atoms with Gasteiger partial charge >= 0.3 is 11.9 Å². The fraction of sp³-hybridized carbons (Fsp3) is 0.920. The molecule has 182 valence electrons. The van der Waals surface area contributed by atoms with Gasteiger partial charge in [-0.15, -0.1) is 0 Å². The van der Waals surface area contributed by atoms with Gasteiger partial charge in [-0.3, -0.25) is 4.79 Å². The maximum absolute atomic E-state index is 12.7. The van der Waals surface area contributed by atoms with Gasteiger partial charge in [-0.2, -0.15) is 0 Å². The van der Waals surface area contributed by atoms with Crippen molar-refractivity contribution in [1.82, 2.24) is 0 Å². The molecule has 0 heterocycles. The monoisotopic (exact) mass is 456 g/mol. The first-order valence-electron chi connectivity index (χ1n) is 12.4. The highest BCUT2D eigenvalue weighted by Gasteiger charge is 2.80. The second-order valence-electron chi connectivity index (χ2n) is 11.5. The van der Waals surface area contributed by atoms with E-state index < -0.39 is 31.3 Å². The first kappa shape index (κ1) is 28.2. The molecule has 1 saturated carbocycles. The van der Waals surface area contributed by atoms with Gasteiger partial charge in [0.25, 0.3) is 0 Å². The number of aliphatic carboxylic acids is 2. The van der Waals surface area contributed by atoms with Gasteiger partial charge in [0.1, 0.15) is 5.41 Å². The molecular formula is C25H48O5Si. The van der Waals surface area contributed by atoms with E-state index in [-0.39, 0.29) is 16.9 Å². The maximum Gasteiger partial charge on any atom is 0.336 e. The van der Waals surface area contributed by atoms with E-state index in [4.69, 9.17) is 4.43 Å². The van der Waals surface area contributed by atoms with Crippen molar-refractivity contribution in [3.63, 3.8) is 0 Å². The SMILES string of the molecule is CCCCC(CCCC)(CCCC)CC1(C(=O)O)CC1(O[Si](C)(C)C(C)(C)C)C(=O)O. The van der Waals surface area contributed by atoms with E-state index >= 15 is 0 Å². The lowest BCUT2D eigenvalue weighted by molar-refractivity contribution is -0.160. The van der Waals surface area contributed by atoms with Gasteiger partial charge in [0.2, 0.25) is 0 Å². The van der Waals surface area contributed by atoms with Crippen LogP contribution in [-0.2, 0) is 14.0 Å². The van der Waals surface area contributed by atoms with E-state index in [1.54, 1.807) is 0 Å². The lowest BCUT2D eigenvalue weighted by atomic mass is 9.67. The molecule has 0 aromatic rings. The summed E-state index contributed by atoms with van der Waals surface area (Å²) < 4.78 is 6.46. The highest BCUT2D eigenvalue weighted by atomic mass is 28.4. The largest absolute Gasteiger partial charge is 0.481 e. The summed E-state index contributed by atoms with van der Waals surface area (Å²) in [6.45, 7) is 16.7. The molecule has 1 rings (SSSR count). The second-order valence-corrected chi connectivity index (χ2v) is 16.3. The quantitative estimate of drug-likeness (QED) is 0.253. The number of carboxylic acid groups (broad SMARTS) is 2. The molecule has 5 nitrogen and oxygen atoms in total. The van der Waals surface area contributed by atoms with E-state index in [1.807, 2.05) is 13.1 Å². The molecule has 0 aliphatic heterocycles. The molecule has 0 radical (unpaired) electrons. The normalized spacial score (nSPS) is 24.3. The fourth-order valence-electron chi connectivity index (χ4n) is 4.89. The Balaban J connectivity index is 3.43. The van der Waals surface area contributed by atoms with Crippen LogP contribution in [-0.4, -0.2) is 36.1 Å². The zero-order valence-electron chi connectivity index (χ0n) is 21.4. The third kappa shape index (κ3) is 5.92. The molecule has 2 N–H and O–H groups in total. The summed E-state index contributed by atoms with van der Waals surface area (Å²) in [6.07, 6.45) is 9.72. The average molecular weight is 457 g/mol. The minimum atomic E-state index is -2.47. The van der Waals surface area contributed by atoms with Crippen LogP contribution >= 0.6 is 0 Å². The number of hydrogen-bond donors (Lipinski definition) is 2. The summed E-state index contributed by atoms with van der Waals surface area (Å²) >= 11 is 0. The van der Waals surface area contributed by atoms with Gasteiger partial charge in [0.15, 0.2) is 13.9 Å². The summed E-state index contributed by atoms with van der Waals surface area (Å²) in [4.78, 5) is 25.3. The highest BCUT2D eigenvalue weighted by molar-refractivity contribution is 6.74. The van der Waals surface area contributed by atoms with Crippen LogP contribution in [0.5, 0.6) is 0 Å². The van der Waals surface area contributed by atoms with Crippen molar-refractivity contribution in [2.24, 2.45) is 10.8 Å². The van der Waals surface area contributed by atoms with Crippen molar-refractivity contribution in [1.29, 1.82) is 0 Å². The van der Waals surface area contributed by atoms with Crippen molar-refractivity contribution >= 4 is 20.3 Å². The molecule has 0 saturated heterocycles. The summed E-state index contributed by atoms with van der Waals surface area (Å²) in [6, 6.07) is 0. The summed E-state index contributed by atoms with van der Waals surface area (Å²) in [5, 5.41) is 20.5. The molecule has 2 atom stereocenters. The summed E-state index contributed by atoms with van der Waals surface area (Å²) in [5.74, 6) is -2.10. The fourth-order valence-corrected chi connectivity index (χ4v) is 6.42. The van der Waals surface area contributed by atoms with Gasteiger partial charge in [-0.05, 0) is 49.2 Å². The van der Waals surface area contributed by atoms with Gasteiger partial charge < -0.3 is 14.6 Å². The van der Waals surface area contributed by atoms with E-state index in [1.165, 1.54) is 0 Å². The molecule has 0 aromatic heterocycles. The Morgan fingerprint density at radius 3 is 1.58 bits per heavy atom. The van der Waals surface area contributed by atoms with Crippen molar-refractivity contribution in [3.8, 4) is 0 Å². The van der Waals surface area contributed by atoms with Crippen LogP contribution in [0.4, 0.5) is 0 Å². The zero-order chi connectivity index (χ0) is 24.1. The molecule has 0 spiro atoms. The van der Waals surface area contributed by atoms with E-state index in [9.17, 15) is 19.8 Å². The molecule has 1 aliphatic carbocycles. The first-order valence-corrected chi connectivity index (χ1v) is 15.3. The van der Waals surface area contributed by atoms with Crippen molar-refractivity contribution in [3.05, 3.63) is 0 Å². The van der Waals surface area contributed by atoms with Crippen molar-refractivity contribution in [2.45, 2.75) is 136 Å². The summed E-state index contributed by atoms with van der Waals surface area (Å²) in [5.41, 5.74) is -3.06. The number of unbranched alkanes of at least 4 members (excludes halogenated alkanes) is 3. The molecular weight excluding hydrogens is 408 g/mol. The first-order chi connectivity index (χ1) is 14.2. The van der Waals surface area contributed by atoms with Crippen LogP contribution in [0.1, 0.15) is 112 Å². The molecule has 6 heteroatoms. The van der Waals surface area contributed by atoms with E-state index in [0.29, 0.717) is 6.42 Å². The molecule has 1 aliphatic rings. The third-order valence-corrected chi connectivity index (χ3v) is 12.5. The van der Waals surface area contributed by atoms with Crippen LogP contribution < -0.4 is 0 Å². The van der Waals surface area contributed by atoms with Crippen molar-refractivity contribution < 1.29 is 24.2 Å². The number of carboxylic acids is 2. The van der Waals surface area contributed by atoms with Gasteiger partial charge in [0.05, 0.1) is 0 Å². The topological polar surface area (TPSA) is 83.8 Å². The molecule has 31 heavy (non-hydrogen) atoms. The second kappa shape index (κ2) is 10.4. The Hall–Kier alpha value is -0.883. The smallest absolute Gasteiger partial charge is 0.336 e. The van der Waals surface area contributed by atoms with Crippen LogP contribution in [0.25, 0.3) is 0 Å². The van der Waals surface area contributed by atoms with Crippen LogP contribution in [0.2, 0.25) is 18.1 Å². The highest BCUT2D eigenvalue weighted by Crippen LogP contribution is 2.67. The molecule has 0 aromatic carbocycles. The van der Waals surface area contributed by atoms with Gasteiger partial charge in [0, 0.05) is 6.42 Å². The minimum Gasteiger partial charge on any atom is -0.481 e. The predicted molar refractivity (Wildman–Crippen MR) is 129 cm³/mol. The number of carbonyl (C=O) groups is 2. The van der Waals surface area contributed by atoms with Crippen LogP contribution in [0, 0.1) is 10.8 Å². The zero-order valence-corrected chi connectivity index (χ0v) is 22.4. The minimum absolute atomic E-state index is 0.0866. The molecule has 0 bridgehead atoms. The van der Waals surface area contributed by atoms with E-state index in [0.717, 1.165) is 57.8 Å². The number of hydrogen-bond acceptors (Lipinski definition) is 3. The van der Waals surface area contributed by atoms with Crippen LogP contribution in [0.3, 0.4) is 0 Å². The Bertz CT molecular complexity index is 602. The number of rotatable bonds is 15. The summed E-state index contributed by atoms with van der Waals surface area (Å²) in [7, 11) is -2.47.